The van der Waals surface area contributed by atoms with Crippen molar-refractivity contribution < 1.29 is 4.79 Å². The van der Waals surface area contributed by atoms with Crippen molar-refractivity contribution in [1.29, 1.82) is 0 Å². The second-order valence-corrected chi connectivity index (χ2v) is 5.40. The van der Waals surface area contributed by atoms with Crippen molar-refractivity contribution in [2.45, 2.75) is 0 Å². The molecule has 1 aromatic heterocycles. The second-order valence-electron chi connectivity index (χ2n) is 3.30. The quantitative estimate of drug-likeness (QED) is 0.583. The van der Waals surface area contributed by atoms with Gasteiger partial charge >= 0.3 is 0 Å². The lowest BCUT2D eigenvalue weighted by Gasteiger charge is -2.02. The van der Waals surface area contributed by atoms with E-state index < -0.39 is 0 Å². The van der Waals surface area contributed by atoms with Gasteiger partial charge < -0.3 is 0 Å². The molecule has 0 amide bonds. The van der Waals surface area contributed by atoms with Crippen LogP contribution < -0.4 is 0 Å². The first-order valence-electron chi connectivity index (χ1n) is 4.57. The summed E-state index contributed by atoms with van der Waals surface area (Å²) in [5.41, 5.74) is 1.24. The third kappa shape index (κ3) is 2.20. The maximum atomic E-state index is 12.2. The molecule has 0 saturated heterocycles. The minimum Gasteiger partial charge on any atom is -0.287 e. The van der Waals surface area contributed by atoms with Crippen LogP contribution in [0.3, 0.4) is 0 Å². The maximum Gasteiger partial charge on any atom is 0.212 e. The highest BCUT2D eigenvalue weighted by atomic mass is 127. The third-order valence-corrected chi connectivity index (χ3v) is 3.52. The van der Waals surface area contributed by atoms with Gasteiger partial charge in [0.15, 0.2) is 0 Å². The number of halogens is 2. The molecule has 1 heterocycles. The van der Waals surface area contributed by atoms with Gasteiger partial charge in [0, 0.05) is 16.2 Å². The number of aromatic nitrogens is 2. The van der Waals surface area contributed by atoms with Gasteiger partial charge in [-0.15, -0.1) is 0 Å². The average molecular weight is 391 g/mol. The first kappa shape index (κ1) is 11.8. The van der Waals surface area contributed by atoms with Crippen LogP contribution >= 0.6 is 38.5 Å². The van der Waals surface area contributed by atoms with Gasteiger partial charge in [0.05, 0.1) is 10.7 Å². The first-order chi connectivity index (χ1) is 7.59. The fourth-order valence-electron chi connectivity index (χ4n) is 1.40. The molecule has 16 heavy (non-hydrogen) atoms. The van der Waals surface area contributed by atoms with Crippen LogP contribution in [0.25, 0.3) is 0 Å². The Labute approximate surface area is 115 Å². The normalized spacial score (nSPS) is 10.4. The van der Waals surface area contributed by atoms with Crippen molar-refractivity contribution in [3.63, 3.8) is 0 Å². The monoisotopic (exact) mass is 390 g/mol. The van der Waals surface area contributed by atoms with Gasteiger partial charge in [0.2, 0.25) is 5.78 Å². The third-order valence-electron chi connectivity index (χ3n) is 2.22. The zero-order valence-electron chi connectivity index (χ0n) is 8.45. The summed E-state index contributed by atoms with van der Waals surface area (Å²) in [6, 6.07) is 7.48. The van der Waals surface area contributed by atoms with Crippen LogP contribution in [0.4, 0.5) is 0 Å². The SMILES string of the molecule is Cn1ncc(Br)c1C(=O)c1ccc(I)cc1. The summed E-state index contributed by atoms with van der Waals surface area (Å²) >= 11 is 5.53. The van der Waals surface area contributed by atoms with Gasteiger partial charge in [0.25, 0.3) is 0 Å². The van der Waals surface area contributed by atoms with Gasteiger partial charge in [-0.25, -0.2) is 0 Å². The Bertz CT molecular complexity index is 514. The molecule has 5 heteroatoms. The first-order valence-corrected chi connectivity index (χ1v) is 6.44. The summed E-state index contributed by atoms with van der Waals surface area (Å²) in [4.78, 5) is 12.2. The average Bonchev–Trinajstić information content (AvgIpc) is 2.59. The lowest BCUT2D eigenvalue weighted by Crippen LogP contribution is -2.08. The van der Waals surface area contributed by atoms with E-state index in [2.05, 4.69) is 43.6 Å². The van der Waals surface area contributed by atoms with Gasteiger partial charge in [-0.2, -0.15) is 5.10 Å². The molecule has 0 radical (unpaired) electrons. The highest BCUT2D eigenvalue weighted by Gasteiger charge is 2.16. The van der Waals surface area contributed by atoms with Gasteiger partial charge in [-0.3, -0.25) is 9.48 Å². The van der Waals surface area contributed by atoms with Crippen LogP contribution in [0.5, 0.6) is 0 Å². The van der Waals surface area contributed by atoms with Crippen molar-refractivity contribution in [3.05, 3.63) is 49.8 Å². The zero-order chi connectivity index (χ0) is 11.7. The summed E-state index contributed by atoms with van der Waals surface area (Å²) in [6.45, 7) is 0. The molecule has 0 bridgehead atoms. The molecule has 1 aromatic carbocycles. The largest absolute Gasteiger partial charge is 0.287 e. The molecule has 0 saturated carbocycles. The van der Waals surface area contributed by atoms with Crippen molar-refractivity contribution in [1.82, 2.24) is 9.78 Å². The van der Waals surface area contributed by atoms with Crippen LogP contribution in [0.15, 0.2) is 34.9 Å². The highest BCUT2D eigenvalue weighted by molar-refractivity contribution is 14.1. The Morgan fingerprint density at radius 3 is 2.50 bits per heavy atom. The van der Waals surface area contributed by atoms with Crippen LogP contribution in [0.2, 0.25) is 0 Å². The predicted octanol–water partition coefficient (Wildman–Crippen LogP) is 3.02. The van der Waals surface area contributed by atoms with Gasteiger partial charge in [-0.1, -0.05) is 0 Å². The number of carbonyl (C=O) groups is 1. The number of benzene rings is 1. The van der Waals surface area contributed by atoms with Crippen LogP contribution in [-0.4, -0.2) is 15.6 Å². The molecule has 0 aliphatic carbocycles. The maximum absolute atomic E-state index is 12.2. The van der Waals surface area contributed by atoms with Crippen molar-refractivity contribution in [2.24, 2.45) is 7.05 Å². The van der Waals surface area contributed by atoms with Crippen molar-refractivity contribution in [2.75, 3.05) is 0 Å². The van der Waals surface area contributed by atoms with Crippen LogP contribution in [-0.2, 0) is 7.05 Å². The minimum absolute atomic E-state index is 0.0247. The molecule has 0 aliphatic heterocycles. The Balaban J connectivity index is 2.43. The summed E-state index contributed by atoms with van der Waals surface area (Å²) < 4.78 is 3.40. The van der Waals surface area contributed by atoms with E-state index in [1.165, 1.54) is 0 Å². The topological polar surface area (TPSA) is 34.9 Å². The van der Waals surface area contributed by atoms with E-state index in [-0.39, 0.29) is 5.78 Å². The smallest absolute Gasteiger partial charge is 0.212 e. The molecule has 0 unspecified atom stereocenters. The van der Waals surface area contributed by atoms with Crippen LogP contribution in [0.1, 0.15) is 16.1 Å². The number of aryl methyl sites for hydroxylation is 1. The lowest BCUT2D eigenvalue weighted by molar-refractivity contribution is 0.102. The molecular weight excluding hydrogens is 383 g/mol. The lowest BCUT2D eigenvalue weighted by atomic mass is 10.1. The molecule has 0 atom stereocenters. The van der Waals surface area contributed by atoms with Gasteiger partial charge in [0.1, 0.15) is 5.69 Å². The van der Waals surface area contributed by atoms with E-state index >= 15 is 0 Å². The molecule has 2 aromatic rings. The van der Waals surface area contributed by atoms with Crippen molar-refractivity contribution >= 4 is 44.3 Å². The summed E-state index contributed by atoms with van der Waals surface area (Å²) in [7, 11) is 1.75. The Kier molecular flexibility index (Phi) is 3.44. The molecular formula is C11H8BrIN2O. The number of carbonyl (C=O) groups excluding carboxylic acids is 1. The number of hydrogen-bond donors (Lipinski definition) is 0. The molecule has 0 aliphatic rings. The molecule has 82 valence electrons. The molecule has 3 nitrogen and oxygen atoms in total. The van der Waals surface area contributed by atoms with E-state index in [1.54, 1.807) is 17.9 Å². The zero-order valence-corrected chi connectivity index (χ0v) is 12.2. The van der Waals surface area contributed by atoms with E-state index in [9.17, 15) is 4.79 Å². The Morgan fingerprint density at radius 2 is 2.00 bits per heavy atom. The molecule has 0 fully saturated rings. The minimum atomic E-state index is -0.0247. The van der Waals surface area contributed by atoms with Gasteiger partial charge in [-0.05, 0) is 62.8 Å². The number of nitrogens with zero attached hydrogens (tertiary/aromatic N) is 2. The molecule has 0 N–H and O–H groups in total. The fourth-order valence-corrected chi connectivity index (χ4v) is 2.29. The predicted molar refractivity (Wildman–Crippen MR) is 73.5 cm³/mol. The summed E-state index contributed by atoms with van der Waals surface area (Å²) in [6.07, 6.45) is 1.62. The number of hydrogen-bond acceptors (Lipinski definition) is 2. The molecule has 0 spiro atoms. The summed E-state index contributed by atoms with van der Waals surface area (Å²) in [5.74, 6) is -0.0247. The number of ketones is 1. The second kappa shape index (κ2) is 4.67. The van der Waals surface area contributed by atoms with Crippen molar-refractivity contribution in [3.8, 4) is 0 Å². The Morgan fingerprint density at radius 1 is 1.38 bits per heavy atom. The van der Waals surface area contributed by atoms with E-state index in [0.717, 1.165) is 8.04 Å². The number of rotatable bonds is 2. The van der Waals surface area contributed by atoms with Crippen LogP contribution in [0, 0.1) is 3.57 Å². The summed E-state index contributed by atoms with van der Waals surface area (Å²) in [5, 5.41) is 4.03. The van der Waals surface area contributed by atoms with E-state index in [0.29, 0.717) is 11.3 Å². The Hall–Kier alpha value is -0.690. The standard InChI is InChI=1S/C11H8BrIN2O/c1-15-10(9(12)6-14-15)11(16)7-2-4-8(13)5-3-7/h2-6H,1H3. The highest BCUT2D eigenvalue weighted by Crippen LogP contribution is 2.19. The van der Waals surface area contributed by atoms with E-state index in [4.69, 9.17) is 0 Å². The molecule has 2 rings (SSSR count). The fraction of sp³-hybridized carbons (Fsp3) is 0.0909. The van der Waals surface area contributed by atoms with E-state index in [1.807, 2.05) is 24.3 Å².